The Labute approximate surface area is 211 Å². The van der Waals surface area contributed by atoms with Gasteiger partial charge in [0, 0.05) is 22.5 Å². The second kappa shape index (κ2) is 10.7. The lowest BCUT2D eigenvalue weighted by molar-refractivity contribution is 0.103. The van der Waals surface area contributed by atoms with Gasteiger partial charge in [0.15, 0.2) is 5.78 Å². The van der Waals surface area contributed by atoms with E-state index in [1.54, 1.807) is 24.3 Å². The van der Waals surface area contributed by atoms with Gasteiger partial charge in [-0.05, 0) is 82.3 Å². The van der Waals surface area contributed by atoms with Crippen LogP contribution in [-0.2, 0) is 0 Å². The van der Waals surface area contributed by atoms with E-state index in [2.05, 4.69) is 5.92 Å². The largest absolute Gasteiger partial charge is 0.288 e. The molecule has 0 saturated carbocycles. The molecule has 3 aromatic carbocycles. The Kier molecular flexibility index (Phi) is 7.27. The minimum absolute atomic E-state index is 0.184. The van der Waals surface area contributed by atoms with Crippen molar-refractivity contribution in [2.45, 2.75) is 27.7 Å². The molecule has 0 N–H and O–H groups in total. The number of fused-ring (bicyclic) bond motifs is 2. The Bertz CT molecular complexity index is 1560. The summed E-state index contributed by atoms with van der Waals surface area (Å²) in [6, 6.07) is 24.1. The third kappa shape index (κ3) is 5.51. The van der Waals surface area contributed by atoms with Crippen LogP contribution in [0.25, 0.3) is 22.1 Å². The molecule has 0 aliphatic rings. The van der Waals surface area contributed by atoms with Crippen LogP contribution in [0.4, 0.5) is 0 Å². The van der Waals surface area contributed by atoms with Gasteiger partial charge < -0.3 is 0 Å². The summed E-state index contributed by atoms with van der Waals surface area (Å²) >= 11 is 0. The molecule has 5 heteroatoms. The highest BCUT2D eigenvalue weighted by Crippen LogP contribution is 2.17. The number of aromatic nitrogens is 4. The van der Waals surface area contributed by atoms with Gasteiger partial charge in [0.2, 0.25) is 0 Å². The van der Waals surface area contributed by atoms with Crippen molar-refractivity contribution >= 4 is 27.9 Å². The molecule has 0 fully saturated rings. The lowest BCUT2D eigenvalue weighted by Crippen LogP contribution is -2.07. The predicted molar refractivity (Wildman–Crippen MR) is 145 cm³/mol. The van der Waals surface area contributed by atoms with Crippen LogP contribution in [0.1, 0.15) is 44.3 Å². The van der Waals surface area contributed by atoms with Crippen molar-refractivity contribution in [3.8, 4) is 12.3 Å². The summed E-state index contributed by atoms with van der Waals surface area (Å²) in [5, 5.41) is 0. The van der Waals surface area contributed by atoms with Gasteiger partial charge in [0.05, 0.1) is 39.0 Å². The van der Waals surface area contributed by atoms with Crippen molar-refractivity contribution in [3.05, 3.63) is 118 Å². The van der Waals surface area contributed by atoms with Gasteiger partial charge in [-0.1, -0.05) is 30.2 Å². The molecule has 0 atom stereocenters. The minimum atomic E-state index is -0.184. The highest BCUT2D eigenvalue weighted by Gasteiger charge is 2.15. The molecule has 4 rings (SSSR count). The van der Waals surface area contributed by atoms with Crippen LogP contribution < -0.4 is 0 Å². The number of carbonyl (C=O) groups excluding carboxylic acids is 1. The minimum Gasteiger partial charge on any atom is -0.288 e. The fourth-order valence-corrected chi connectivity index (χ4v) is 3.98. The molecular formula is C31H26N4O. The average Bonchev–Trinajstić information content (AvgIpc) is 2.86. The first-order chi connectivity index (χ1) is 17.4. The molecule has 0 amide bonds. The zero-order valence-electron chi connectivity index (χ0n) is 20.8. The topological polar surface area (TPSA) is 68.6 Å². The van der Waals surface area contributed by atoms with E-state index in [0.717, 1.165) is 11.4 Å². The number of ketones is 1. The van der Waals surface area contributed by atoms with Gasteiger partial charge in [0.25, 0.3) is 0 Å². The zero-order chi connectivity index (χ0) is 25.7. The van der Waals surface area contributed by atoms with E-state index in [1.165, 1.54) is 0 Å². The predicted octanol–water partition coefficient (Wildman–Crippen LogP) is 6.27. The van der Waals surface area contributed by atoms with Crippen LogP contribution in [0.15, 0.2) is 78.9 Å². The van der Waals surface area contributed by atoms with Crippen LogP contribution in [0.3, 0.4) is 0 Å². The van der Waals surface area contributed by atoms with Gasteiger partial charge >= 0.3 is 0 Å². The summed E-state index contributed by atoms with van der Waals surface area (Å²) in [6.45, 7) is 7.49. The SMILES string of the molecule is C#Cc1ccc(C(=O)c2c(C)nc3ccccc3nc(C)cc(C)nc3ccccc3nc2C)cc1. The zero-order valence-corrected chi connectivity index (χ0v) is 20.8. The van der Waals surface area contributed by atoms with Crippen LogP contribution >= 0.6 is 0 Å². The van der Waals surface area contributed by atoms with Crippen molar-refractivity contribution in [2.24, 2.45) is 0 Å². The molecule has 36 heavy (non-hydrogen) atoms. The van der Waals surface area contributed by atoms with Gasteiger partial charge in [-0.15, -0.1) is 6.42 Å². The lowest BCUT2D eigenvalue weighted by Gasteiger charge is -2.06. The first-order valence-corrected chi connectivity index (χ1v) is 11.6. The smallest absolute Gasteiger partial charge is 0.196 e. The van der Waals surface area contributed by atoms with Gasteiger partial charge in [0.1, 0.15) is 0 Å². The Morgan fingerprint density at radius 2 is 1.06 bits per heavy atom. The number of hydrogen-bond acceptors (Lipinski definition) is 5. The lowest BCUT2D eigenvalue weighted by atomic mass is 10.00. The first-order valence-electron chi connectivity index (χ1n) is 11.6. The highest BCUT2D eigenvalue weighted by atomic mass is 16.1. The molecule has 0 radical (unpaired) electrons. The van der Waals surface area contributed by atoms with E-state index in [4.69, 9.17) is 26.4 Å². The van der Waals surface area contributed by atoms with E-state index in [9.17, 15) is 4.79 Å². The van der Waals surface area contributed by atoms with Crippen LogP contribution in [-0.4, -0.2) is 25.7 Å². The van der Waals surface area contributed by atoms with Gasteiger partial charge in [-0.3, -0.25) is 24.7 Å². The highest BCUT2D eigenvalue weighted by molar-refractivity contribution is 6.10. The molecular weight excluding hydrogens is 444 g/mol. The standard InChI is InChI=1S/C31H26N4O/c1-6-24-15-17-25(18-16-24)31(36)30-22(4)34-28-13-9-7-11-26(28)32-20(2)19-21(3)33-27-12-8-10-14-29(27)35-23(30)5/h1,7-19H,2-5H3. The van der Waals surface area contributed by atoms with Gasteiger partial charge in [-0.25, -0.2) is 0 Å². The maximum atomic E-state index is 13.8. The number of nitrogens with zero attached hydrogens (tertiary/aromatic N) is 4. The molecule has 0 aliphatic heterocycles. The number of carbonyl (C=O) groups is 1. The molecule has 0 saturated heterocycles. The summed E-state index contributed by atoms with van der Waals surface area (Å²) in [5.41, 5.74) is 7.03. The molecule has 4 aromatic rings. The maximum absolute atomic E-state index is 13.8. The van der Waals surface area contributed by atoms with E-state index >= 15 is 0 Å². The molecule has 0 spiro atoms. The summed E-state index contributed by atoms with van der Waals surface area (Å²) in [6.07, 6.45) is 5.49. The van der Waals surface area contributed by atoms with Crippen LogP contribution in [0.5, 0.6) is 0 Å². The molecule has 1 aromatic heterocycles. The summed E-state index contributed by atoms with van der Waals surface area (Å²) < 4.78 is 0. The fraction of sp³-hybridized carbons (Fsp3) is 0.129. The quantitative estimate of drug-likeness (QED) is 0.255. The van der Waals surface area contributed by atoms with Crippen molar-refractivity contribution in [3.63, 3.8) is 0 Å². The second-order valence-electron chi connectivity index (χ2n) is 8.45. The Balaban J connectivity index is 2.16. The van der Waals surface area contributed by atoms with E-state index in [-0.39, 0.29) is 5.78 Å². The molecule has 1 heterocycles. The van der Waals surface area contributed by atoms with Gasteiger partial charge in [-0.2, -0.15) is 0 Å². The normalized spacial score (nSPS) is 10.3. The first kappa shape index (κ1) is 24.4. The molecule has 0 bridgehead atoms. The van der Waals surface area contributed by atoms with Crippen molar-refractivity contribution in [1.82, 2.24) is 19.9 Å². The molecule has 0 aliphatic carbocycles. The van der Waals surface area contributed by atoms with Crippen molar-refractivity contribution < 1.29 is 4.79 Å². The molecule has 5 nitrogen and oxygen atoms in total. The average molecular weight is 471 g/mol. The molecule has 0 unspecified atom stereocenters. The number of aryl methyl sites for hydroxylation is 4. The number of para-hydroxylation sites is 4. The third-order valence-corrected chi connectivity index (χ3v) is 5.62. The maximum Gasteiger partial charge on any atom is 0.196 e. The third-order valence-electron chi connectivity index (χ3n) is 5.62. The molecule has 176 valence electrons. The Morgan fingerprint density at radius 3 is 1.47 bits per heavy atom. The monoisotopic (exact) mass is 470 g/mol. The van der Waals surface area contributed by atoms with E-state index < -0.39 is 0 Å². The number of terminal acetylenes is 1. The van der Waals surface area contributed by atoms with Crippen LogP contribution in [0, 0.1) is 40.0 Å². The summed E-state index contributed by atoms with van der Waals surface area (Å²) in [5.74, 6) is 2.40. The van der Waals surface area contributed by atoms with Crippen molar-refractivity contribution in [2.75, 3.05) is 0 Å². The Morgan fingerprint density at radius 1 is 0.639 bits per heavy atom. The Hall–Kier alpha value is -4.69. The number of rotatable bonds is 2. The summed E-state index contributed by atoms with van der Waals surface area (Å²) in [4.78, 5) is 33.0. The van der Waals surface area contributed by atoms with E-state index in [0.29, 0.717) is 50.1 Å². The fourth-order valence-electron chi connectivity index (χ4n) is 3.98. The number of hydrogen-bond donors (Lipinski definition) is 0. The number of benzene rings is 3. The van der Waals surface area contributed by atoms with Crippen molar-refractivity contribution in [1.29, 1.82) is 0 Å². The second-order valence-corrected chi connectivity index (χ2v) is 8.45. The van der Waals surface area contributed by atoms with Crippen LogP contribution in [0.2, 0.25) is 0 Å². The summed E-state index contributed by atoms with van der Waals surface area (Å²) in [7, 11) is 0. The van der Waals surface area contributed by atoms with E-state index in [1.807, 2.05) is 82.3 Å².